The number of nitrogens with one attached hydrogen (secondary N) is 1. The topological polar surface area (TPSA) is 72.5 Å². The molecule has 2 aliphatic rings. The summed E-state index contributed by atoms with van der Waals surface area (Å²) in [5.41, 5.74) is 2.12. The van der Waals surface area contributed by atoms with Crippen molar-refractivity contribution in [3.8, 4) is 0 Å². The van der Waals surface area contributed by atoms with Gasteiger partial charge in [-0.05, 0) is 30.2 Å². The van der Waals surface area contributed by atoms with Crippen molar-refractivity contribution >= 4 is 11.9 Å². The number of H-pyrrole nitrogens is 1. The Morgan fingerprint density at radius 1 is 1.24 bits per heavy atom. The molecule has 0 aliphatic carbocycles. The first kappa shape index (κ1) is 19.4. The van der Waals surface area contributed by atoms with Gasteiger partial charge in [0.15, 0.2) is 0 Å². The summed E-state index contributed by atoms with van der Waals surface area (Å²) in [5.74, 6) is -0.202. The monoisotopic (exact) mass is 399 g/mol. The molecular formula is C21H26FN5O2. The van der Waals surface area contributed by atoms with Crippen molar-refractivity contribution in [1.29, 1.82) is 0 Å². The Kier molecular flexibility index (Phi) is 5.02. The minimum Gasteiger partial charge on any atom is -0.337 e. The highest BCUT2D eigenvalue weighted by molar-refractivity contribution is 5.92. The van der Waals surface area contributed by atoms with Gasteiger partial charge in [0.05, 0.1) is 6.04 Å². The maximum Gasteiger partial charge on any atom is 0.320 e. The molecule has 1 aromatic carbocycles. The van der Waals surface area contributed by atoms with E-state index in [1.54, 1.807) is 31.1 Å². The van der Waals surface area contributed by atoms with Crippen molar-refractivity contribution in [2.75, 3.05) is 33.7 Å². The summed E-state index contributed by atoms with van der Waals surface area (Å²) >= 11 is 0. The lowest BCUT2D eigenvalue weighted by molar-refractivity contribution is 0.0760. The lowest BCUT2D eigenvalue weighted by Crippen LogP contribution is -2.42. The Morgan fingerprint density at radius 3 is 2.69 bits per heavy atom. The fraction of sp³-hybridized carbons (Fsp3) is 0.476. The number of carbonyl (C=O) groups is 2. The molecule has 0 bridgehead atoms. The van der Waals surface area contributed by atoms with Crippen LogP contribution in [0.25, 0.3) is 0 Å². The van der Waals surface area contributed by atoms with Gasteiger partial charge in [0.1, 0.15) is 11.5 Å². The number of carbonyl (C=O) groups excluding carboxylic acids is 2. The molecule has 2 fully saturated rings. The van der Waals surface area contributed by atoms with Crippen LogP contribution in [-0.2, 0) is 6.42 Å². The normalized spacial score (nSPS) is 23.4. The fourth-order valence-electron chi connectivity index (χ4n) is 4.60. The maximum atomic E-state index is 13.9. The largest absolute Gasteiger partial charge is 0.337 e. The summed E-state index contributed by atoms with van der Waals surface area (Å²) in [6.45, 7) is 3.65. The van der Waals surface area contributed by atoms with Crippen LogP contribution in [0.5, 0.6) is 0 Å². The highest BCUT2D eigenvalue weighted by Crippen LogP contribution is 2.45. The summed E-state index contributed by atoms with van der Waals surface area (Å²) in [6.07, 6.45) is 0.786. The molecule has 3 atom stereocenters. The molecule has 1 aromatic heterocycles. The Balaban J connectivity index is 1.60. The number of hydrogen-bond acceptors (Lipinski definition) is 3. The number of fused-ring (bicyclic) bond motifs is 1. The number of rotatable bonds is 3. The minimum atomic E-state index is -0.322. The van der Waals surface area contributed by atoms with Crippen LogP contribution >= 0.6 is 0 Å². The maximum absolute atomic E-state index is 13.9. The SMILES string of the molecule is CCc1cc(C(=O)N2C[C@@H]3CN(C(=O)N(C)C)[C@H](c4cccc(F)c4)[C@@H]3C2)n[nH]1. The Bertz CT molecular complexity index is 927. The Hall–Kier alpha value is -2.90. The van der Waals surface area contributed by atoms with Gasteiger partial charge in [-0.3, -0.25) is 9.89 Å². The molecule has 154 valence electrons. The predicted octanol–water partition coefficient (Wildman–Crippen LogP) is 2.54. The van der Waals surface area contributed by atoms with Crippen molar-refractivity contribution < 1.29 is 14.0 Å². The Morgan fingerprint density at radius 2 is 2.03 bits per heavy atom. The molecule has 8 heteroatoms. The van der Waals surface area contributed by atoms with E-state index >= 15 is 0 Å². The molecule has 29 heavy (non-hydrogen) atoms. The molecule has 0 unspecified atom stereocenters. The van der Waals surface area contributed by atoms with E-state index in [0.717, 1.165) is 17.7 Å². The lowest BCUT2D eigenvalue weighted by Gasteiger charge is -2.31. The van der Waals surface area contributed by atoms with E-state index in [0.29, 0.717) is 25.3 Å². The number of nitrogens with zero attached hydrogens (tertiary/aromatic N) is 4. The van der Waals surface area contributed by atoms with Crippen molar-refractivity contribution in [2.45, 2.75) is 19.4 Å². The Labute approximate surface area is 169 Å². The predicted molar refractivity (Wildman–Crippen MR) is 106 cm³/mol. The third-order valence-corrected chi connectivity index (χ3v) is 6.00. The van der Waals surface area contributed by atoms with Gasteiger partial charge in [-0.15, -0.1) is 0 Å². The van der Waals surface area contributed by atoms with Crippen LogP contribution in [-0.4, -0.2) is 70.6 Å². The van der Waals surface area contributed by atoms with Crippen molar-refractivity contribution in [1.82, 2.24) is 24.9 Å². The van der Waals surface area contributed by atoms with E-state index in [1.807, 2.05) is 22.8 Å². The summed E-state index contributed by atoms with van der Waals surface area (Å²) in [5, 5.41) is 7.03. The van der Waals surface area contributed by atoms with E-state index < -0.39 is 0 Å². The van der Waals surface area contributed by atoms with Crippen molar-refractivity contribution in [2.24, 2.45) is 11.8 Å². The number of hydrogen-bond donors (Lipinski definition) is 1. The van der Waals surface area contributed by atoms with E-state index in [1.165, 1.54) is 12.1 Å². The molecule has 3 heterocycles. The van der Waals surface area contributed by atoms with Crippen molar-refractivity contribution in [3.63, 3.8) is 0 Å². The number of aromatic amines is 1. The van der Waals surface area contributed by atoms with E-state index in [2.05, 4.69) is 10.2 Å². The molecule has 7 nitrogen and oxygen atoms in total. The molecule has 2 saturated heterocycles. The summed E-state index contributed by atoms with van der Waals surface area (Å²) in [4.78, 5) is 30.9. The highest BCUT2D eigenvalue weighted by atomic mass is 19.1. The molecule has 2 aliphatic heterocycles. The van der Waals surface area contributed by atoms with Gasteiger partial charge in [0.25, 0.3) is 5.91 Å². The van der Waals surface area contributed by atoms with E-state index in [4.69, 9.17) is 0 Å². The summed E-state index contributed by atoms with van der Waals surface area (Å²) in [6, 6.07) is 7.88. The number of likely N-dealkylation sites (tertiary alicyclic amines) is 2. The first-order chi connectivity index (χ1) is 13.9. The minimum absolute atomic E-state index is 0.0641. The van der Waals surface area contributed by atoms with Gasteiger partial charge >= 0.3 is 6.03 Å². The van der Waals surface area contributed by atoms with Gasteiger partial charge in [-0.1, -0.05) is 19.1 Å². The van der Waals surface area contributed by atoms with Gasteiger partial charge in [0.2, 0.25) is 0 Å². The number of aryl methyl sites for hydroxylation is 1. The second-order valence-electron chi connectivity index (χ2n) is 8.10. The van der Waals surface area contributed by atoms with Crippen LogP contribution in [0.4, 0.5) is 9.18 Å². The van der Waals surface area contributed by atoms with Crippen LogP contribution in [0, 0.1) is 17.7 Å². The lowest BCUT2D eigenvalue weighted by atomic mass is 9.89. The smallest absolute Gasteiger partial charge is 0.320 e. The zero-order valence-corrected chi connectivity index (χ0v) is 16.9. The van der Waals surface area contributed by atoms with Crippen LogP contribution in [0.1, 0.15) is 34.7 Å². The third-order valence-electron chi connectivity index (χ3n) is 6.00. The molecular weight excluding hydrogens is 373 g/mol. The number of benzene rings is 1. The van der Waals surface area contributed by atoms with Gasteiger partial charge in [-0.2, -0.15) is 5.10 Å². The number of halogens is 1. The third kappa shape index (κ3) is 3.47. The van der Waals surface area contributed by atoms with Crippen LogP contribution in [0.3, 0.4) is 0 Å². The molecule has 3 amide bonds. The van der Waals surface area contributed by atoms with Gasteiger partial charge < -0.3 is 14.7 Å². The zero-order valence-electron chi connectivity index (χ0n) is 16.9. The quantitative estimate of drug-likeness (QED) is 0.862. The van der Waals surface area contributed by atoms with Crippen LogP contribution in [0.2, 0.25) is 0 Å². The average molecular weight is 399 g/mol. The molecule has 0 saturated carbocycles. The second kappa shape index (κ2) is 7.50. The molecule has 4 rings (SSSR count). The summed E-state index contributed by atoms with van der Waals surface area (Å²) < 4.78 is 13.9. The molecule has 0 spiro atoms. The number of aromatic nitrogens is 2. The molecule has 1 N–H and O–H groups in total. The van der Waals surface area contributed by atoms with Gasteiger partial charge in [0, 0.05) is 51.3 Å². The molecule has 2 aromatic rings. The zero-order chi connectivity index (χ0) is 20.7. The number of amides is 3. The van der Waals surface area contributed by atoms with Crippen molar-refractivity contribution in [3.05, 3.63) is 53.1 Å². The summed E-state index contributed by atoms with van der Waals surface area (Å²) in [7, 11) is 3.44. The highest BCUT2D eigenvalue weighted by Gasteiger charge is 2.50. The molecule has 0 radical (unpaired) electrons. The van der Waals surface area contributed by atoms with Crippen LogP contribution in [0.15, 0.2) is 30.3 Å². The standard InChI is InChI=1S/C21H26FN5O2/c1-4-16-9-18(24-23-16)20(28)26-10-14-11-27(21(29)25(2)3)19(17(14)12-26)13-6-5-7-15(22)8-13/h5-9,14,17,19H,4,10-12H2,1-3H3,(H,23,24)/t14-,17-,19-/m1/s1. The first-order valence-corrected chi connectivity index (χ1v) is 9.96. The second-order valence-corrected chi connectivity index (χ2v) is 8.10. The van der Waals surface area contributed by atoms with Gasteiger partial charge in [-0.25, -0.2) is 9.18 Å². The average Bonchev–Trinajstić information content (AvgIpc) is 3.40. The fourth-order valence-corrected chi connectivity index (χ4v) is 4.60. The van der Waals surface area contributed by atoms with Crippen LogP contribution < -0.4 is 0 Å². The first-order valence-electron chi connectivity index (χ1n) is 9.96. The number of urea groups is 1. The van der Waals surface area contributed by atoms with E-state index in [-0.39, 0.29) is 35.6 Å². The van der Waals surface area contributed by atoms with E-state index in [9.17, 15) is 14.0 Å².